The van der Waals surface area contributed by atoms with E-state index in [4.69, 9.17) is 5.73 Å². The largest absolute Gasteiger partial charge is 0.387 e. The highest BCUT2D eigenvalue weighted by atomic mass is 79.9. The van der Waals surface area contributed by atoms with E-state index in [2.05, 4.69) is 28.1 Å². The molecule has 0 saturated carbocycles. The van der Waals surface area contributed by atoms with Crippen LogP contribution >= 0.6 is 15.9 Å². The number of nitrogens with two attached hydrogens (primary N) is 1. The lowest BCUT2D eigenvalue weighted by molar-refractivity contribution is 0.156. The Kier molecular flexibility index (Phi) is 3.50. The predicted octanol–water partition coefficient (Wildman–Crippen LogP) is 4.14. The lowest BCUT2D eigenvalue weighted by Gasteiger charge is -2.21. The fourth-order valence-electron chi connectivity index (χ4n) is 2.69. The molecule has 0 aliphatic rings. The van der Waals surface area contributed by atoms with Crippen LogP contribution in [0.5, 0.6) is 0 Å². The van der Waals surface area contributed by atoms with Crippen molar-refractivity contribution in [3.05, 3.63) is 58.6 Å². The quantitative estimate of drug-likeness (QED) is 0.694. The summed E-state index contributed by atoms with van der Waals surface area (Å²) in [6.07, 6.45) is -0.683. The summed E-state index contributed by atoms with van der Waals surface area (Å²) in [4.78, 5) is 0. The van der Waals surface area contributed by atoms with Gasteiger partial charge in [0.25, 0.3) is 0 Å². The van der Waals surface area contributed by atoms with Crippen LogP contribution in [0.1, 0.15) is 18.6 Å². The van der Waals surface area contributed by atoms with Gasteiger partial charge in [-0.15, -0.1) is 0 Å². The maximum atomic E-state index is 10.5. The van der Waals surface area contributed by atoms with Gasteiger partial charge in [-0.2, -0.15) is 0 Å². The van der Waals surface area contributed by atoms with E-state index in [9.17, 15) is 5.11 Å². The molecule has 3 N–H and O–H groups in total. The summed E-state index contributed by atoms with van der Waals surface area (Å²) in [5.41, 5.74) is 6.84. The standard InChI is InChI=1S/C17H16BrNO/c1-10(19)17(20)15-11-6-2-4-8-13(11)16(18)14-9-5-3-7-12(14)15/h2-10,17,20H,19H2,1H3/t10-,17-/m1/s1. The van der Waals surface area contributed by atoms with Crippen molar-refractivity contribution < 1.29 is 5.11 Å². The van der Waals surface area contributed by atoms with E-state index in [1.54, 1.807) is 0 Å². The van der Waals surface area contributed by atoms with Gasteiger partial charge in [-0.25, -0.2) is 0 Å². The Labute approximate surface area is 126 Å². The van der Waals surface area contributed by atoms with Crippen LogP contribution in [-0.4, -0.2) is 11.1 Å². The monoisotopic (exact) mass is 329 g/mol. The minimum atomic E-state index is -0.683. The molecule has 3 aromatic carbocycles. The van der Waals surface area contributed by atoms with Crippen molar-refractivity contribution in [3.8, 4) is 0 Å². The zero-order valence-corrected chi connectivity index (χ0v) is 12.8. The highest BCUT2D eigenvalue weighted by molar-refractivity contribution is 9.10. The Morgan fingerprint density at radius 3 is 1.70 bits per heavy atom. The Balaban J connectivity index is 2.53. The first-order valence-corrected chi connectivity index (χ1v) is 7.43. The molecule has 0 amide bonds. The number of rotatable bonds is 2. The fraction of sp³-hybridized carbons (Fsp3) is 0.176. The Morgan fingerprint density at radius 1 is 0.900 bits per heavy atom. The average molecular weight is 330 g/mol. The molecule has 0 heterocycles. The van der Waals surface area contributed by atoms with Crippen molar-refractivity contribution in [1.82, 2.24) is 0 Å². The summed E-state index contributed by atoms with van der Waals surface area (Å²) in [6, 6.07) is 15.9. The van der Waals surface area contributed by atoms with E-state index in [1.807, 2.05) is 43.3 Å². The first-order valence-electron chi connectivity index (χ1n) is 6.63. The molecular weight excluding hydrogens is 314 g/mol. The summed E-state index contributed by atoms with van der Waals surface area (Å²) in [7, 11) is 0. The van der Waals surface area contributed by atoms with Crippen molar-refractivity contribution in [2.45, 2.75) is 19.1 Å². The SMILES string of the molecule is C[C@@H](N)[C@@H](O)c1c2ccccc2c(Br)c2ccccc12. The number of aliphatic hydroxyl groups is 1. The van der Waals surface area contributed by atoms with Gasteiger partial charge in [0.2, 0.25) is 0 Å². The second kappa shape index (κ2) is 5.17. The molecule has 102 valence electrons. The van der Waals surface area contributed by atoms with E-state index >= 15 is 0 Å². The van der Waals surface area contributed by atoms with Crippen molar-refractivity contribution in [2.75, 3.05) is 0 Å². The van der Waals surface area contributed by atoms with Gasteiger partial charge in [0.15, 0.2) is 0 Å². The molecule has 3 heteroatoms. The third kappa shape index (κ3) is 2.03. The van der Waals surface area contributed by atoms with Crippen LogP contribution < -0.4 is 5.73 Å². The van der Waals surface area contributed by atoms with Crippen molar-refractivity contribution in [1.29, 1.82) is 0 Å². The average Bonchev–Trinajstić information content (AvgIpc) is 2.47. The highest BCUT2D eigenvalue weighted by Crippen LogP contribution is 2.39. The van der Waals surface area contributed by atoms with E-state index in [0.29, 0.717) is 0 Å². The molecule has 0 aliphatic heterocycles. The van der Waals surface area contributed by atoms with E-state index in [1.165, 1.54) is 0 Å². The number of fused-ring (bicyclic) bond motifs is 2. The first kappa shape index (κ1) is 13.6. The third-order valence-electron chi connectivity index (χ3n) is 3.70. The lowest BCUT2D eigenvalue weighted by Crippen LogP contribution is -2.24. The topological polar surface area (TPSA) is 46.2 Å². The van der Waals surface area contributed by atoms with Crippen LogP contribution in [0.3, 0.4) is 0 Å². The van der Waals surface area contributed by atoms with Crippen LogP contribution in [0.15, 0.2) is 53.0 Å². The molecule has 0 aliphatic carbocycles. The molecule has 0 radical (unpaired) electrons. The number of halogens is 1. The summed E-state index contributed by atoms with van der Waals surface area (Å²) in [5, 5.41) is 14.8. The zero-order chi connectivity index (χ0) is 14.3. The Hall–Kier alpha value is -1.42. The minimum Gasteiger partial charge on any atom is -0.387 e. The minimum absolute atomic E-state index is 0.317. The summed E-state index contributed by atoms with van der Waals surface area (Å²) < 4.78 is 1.06. The van der Waals surface area contributed by atoms with Crippen molar-refractivity contribution >= 4 is 37.5 Å². The number of hydrogen-bond donors (Lipinski definition) is 2. The third-order valence-corrected chi connectivity index (χ3v) is 4.56. The Morgan fingerprint density at radius 2 is 1.30 bits per heavy atom. The van der Waals surface area contributed by atoms with E-state index < -0.39 is 6.10 Å². The van der Waals surface area contributed by atoms with Crippen LogP contribution in [0, 0.1) is 0 Å². The number of hydrogen-bond acceptors (Lipinski definition) is 2. The van der Waals surface area contributed by atoms with Gasteiger partial charge >= 0.3 is 0 Å². The van der Waals surface area contributed by atoms with Crippen molar-refractivity contribution in [2.24, 2.45) is 5.73 Å². The molecule has 2 nitrogen and oxygen atoms in total. The molecular formula is C17H16BrNO. The zero-order valence-electron chi connectivity index (χ0n) is 11.2. The number of aliphatic hydroxyl groups excluding tert-OH is 1. The molecule has 20 heavy (non-hydrogen) atoms. The Bertz CT molecular complexity index is 725. The molecule has 0 unspecified atom stereocenters. The summed E-state index contributed by atoms with van der Waals surface area (Å²) in [6.45, 7) is 1.83. The van der Waals surface area contributed by atoms with E-state index in [0.717, 1.165) is 31.6 Å². The first-order chi connectivity index (χ1) is 9.61. The molecule has 0 fully saturated rings. The molecule has 0 spiro atoms. The second-order valence-corrected chi connectivity index (χ2v) is 5.92. The van der Waals surface area contributed by atoms with Crippen molar-refractivity contribution in [3.63, 3.8) is 0 Å². The summed E-state index contributed by atoms with van der Waals surface area (Å²) >= 11 is 3.69. The fourth-order valence-corrected chi connectivity index (χ4v) is 3.38. The molecule has 0 bridgehead atoms. The van der Waals surface area contributed by atoms with Gasteiger partial charge in [-0.05, 0) is 50.0 Å². The van der Waals surface area contributed by atoms with Gasteiger partial charge in [0.05, 0.1) is 6.10 Å². The van der Waals surface area contributed by atoms with Gasteiger partial charge in [-0.3, -0.25) is 0 Å². The maximum Gasteiger partial charge on any atom is 0.0950 e. The number of benzene rings is 3. The van der Waals surface area contributed by atoms with Gasteiger partial charge in [0.1, 0.15) is 0 Å². The second-order valence-electron chi connectivity index (χ2n) is 5.12. The van der Waals surface area contributed by atoms with E-state index in [-0.39, 0.29) is 6.04 Å². The van der Waals surface area contributed by atoms with Crippen LogP contribution in [0.25, 0.3) is 21.5 Å². The molecule has 2 atom stereocenters. The predicted molar refractivity (Wildman–Crippen MR) is 87.8 cm³/mol. The molecule has 3 rings (SSSR count). The van der Waals surface area contributed by atoms with Gasteiger partial charge < -0.3 is 10.8 Å². The maximum absolute atomic E-state index is 10.5. The van der Waals surface area contributed by atoms with Crippen LogP contribution in [-0.2, 0) is 0 Å². The normalized spacial score (nSPS) is 14.6. The van der Waals surface area contributed by atoms with Gasteiger partial charge in [-0.1, -0.05) is 48.5 Å². The molecule has 3 aromatic rings. The summed E-state index contributed by atoms with van der Waals surface area (Å²) in [5.74, 6) is 0. The smallest absolute Gasteiger partial charge is 0.0950 e. The van der Waals surface area contributed by atoms with Crippen LogP contribution in [0.2, 0.25) is 0 Å². The van der Waals surface area contributed by atoms with Crippen LogP contribution in [0.4, 0.5) is 0 Å². The molecule has 0 saturated heterocycles. The lowest BCUT2D eigenvalue weighted by atomic mass is 9.91. The van der Waals surface area contributed by atoms with Gasteiger partial charge in [0, 0.05) is 10.5 Å². The highest BCUT2D eigenvalue weighted by Gasteiger charge is 2.20. The molecule has 0 aromatic heterocycles.